The van der Waals surface area contributed by atoms with E-state index >= 15 is 0 Å². The van der Waals surface area contributed by atoms with Crippen LogP contribution in [0.5, 0.6) is 0 Å². The fourth-order valence-corrected chi connectivity index (χ4v) is 3.56. The molecule has 1 aromatic carbocycles. The van der Waals surface area contributed by atoms with Crippen molar-refractivity contribution in [3.8, 4) is 11.3 Å². The molecule has 2 aromatic heterocycles. The van der Waals surface area contributed by atoms with Crippen LogP contribution in [0.3, 0.4) is 0 Å². The van der Waals surface area contributed by atoms with Crippen molar-refractivity contribution in [2.45, 2.75) is 19.9 Å². The van der Waals surface area contributed by atoms with Crippen molar-refractivity contribution in [2.75, 3.05) is 48.4 Å². The average Bonchev–Trinajstić information content (AvgIpc) is 2.84. The number of aromatic nitrogens is 3. The third kappa shape index (κ3) is 5.52. The van der Waals surface area contributed by atoms with E-state index < -0.39 is 0 Å². The molecule has 0 amide bonds. The predicted molar refractivity (Wildman–Crippen MR) is 127 cm³/mol. The zero-order valence-corrected chi connectivity index (χ0v) is 18.5. The van der Waals surface area contributed by atoms with E-state index in [-0.39, 0.29) is 18.6 Å². The summed E-state index contributed by atoms with van der Waals surface area (Å²) in [7, 11) is 0. The van der Waals surface area contributed by atoms with Gasteiger partial charge in [-0.3, -0.25) is 4.98 Å². The normalized spacial score (nSPS) is 14.9. The highest BCUT2D eigenvalue weighted by Crippen LogP contribution is 2.25. The fraction of sp³-hybridized carbons (Fsp3) is 0.375. The number of rotatable bonds is 8. The van der Waals surface area contributed by atoms with Crippen LogP contribution >= 0.6 is 0 Å². The average molecular weight is 435 g/mol. The molecule has 8 heteroatoms. The molecule has 0 unspecified atom stereocenters. The van der Waals surface area contributed by atoms with Gasteiger partial charge in [-0.1, -0.05) is 13.8 Å². The summed E-state index contributed by atoms with van der Waals surface area (Å²) < 4.78 is 5.44. The summed E-state index contributed by atoms with van der Waals surface area (Å²) in [5.41, 5.74) is 3.85. The van der Waals surface area contributed by atoms with Crippen molar-refractivity contribution >= 4 is 23.1 Å². The monoisotopic (exact) mass is 434 g/mol. The number of pyridine rings is 1. The van der Waals surface area contributed by atoms with E-state index in [2.05, 4.69) is 68.6 Å². The van der Waals surface area contributed by atoms with E-state index in [4.69, 9.17) is 4.74 Å². The first-order chi connectivity index (χ1) is 15.6. The Morgan fingerprint density at radius 3 is 2.41 bits per heavy atom. The number of aliphatic hydroxyl groups excluding tert-OH is 1. The first-order valence-electron chi connectivity index (χ1n) is 11.0. The lowest BCUT2D eigenvalue weighted by Gasteiger charge is -2.28. The van der Waals surface area contributed by atoms with Gasteiger partial charge in [0.25, 0.3) is 0 Å². The maximum atomic E-state index is 9.73. The van der Waals surface area contributed by atoms with Gasteiger partial charge < -0.3 is 25.4 Å². The van der Waals surface area contributed by atoms with Gasteiger partial charge in [0.1, 0.15) is 5.82 Å². The summed E-state index contributed by atoms with van der Waals surface area (Å²) in [5.74, 6) is 1.38. The molecule has 1 atom stereocenters. The van der Waals surface area contributed by atoms with Crippen molar-refractivity contribution in [3.05, 3.63) is 54.9 Å². The van der Waals surface area contributed by atoms with Crippen LogP contribution in [0.2, 0.25) is 0 Å². The molecule has 0 radical (unpaired) electrons. The molecule has 0 spiro atoms. The Labute approximate surface area is 188 Å². The highest BCUT2D eigenvalue weighted by molar-refractivity contribution is 5.68. The lowest BCUT2D eigenvalue weighted by Crippen LogP contribution is -2.36. The molecule has 3 N–H and O–H groups in total. The van der Waals surface area contributed by atoms with Crippen LogP contribution in [0, 0.1) is 5.92 Å². The fourth-order valence-electron chi connectivity index (χ4n) is 3.56. The van der Waals surface area contributed by atoms with Crippen LogP contribution in [0.15, 0.2) is 54.9 Å². The molecule has 3 aromatic rings. The van der Waals surface area contributed by atoms with Crippen molar-refractivity contribution < 1.29 is 9.84 Å². The largest absolute Gasteiger partial charge is 0.394 e. The lowest BCUT2D eigenvalue weighted by atomic mass is 10.1. The van der Waals surface area contributed by atoms with Crippen LogP contribution < -0.4 is 15.5 Å². The van der Waals surface area contributed by atoms with Gasteiger partial charge in [-0.05, 0) is 42.3 Å². The highest BCUT2D eigenvalue weighted by atomic mass is 16.5. The maximum absolute atomic E-state index is 9.73. The Morgan fingerprint density at radius 1 is 1.03 bits per heavy atom. The second-order valence-electron chi connectivity index (χ2n) is 8.15. The van der Waals surface area contributed by atoms with Gasteiger partial charge in [-0.2, -0.15) is 4.98 Å². The van der Waals surface area contributed by atoms with Gasteiger partial charge in [0.05, 0.1) is 31.6 Å². The summed E-state index contributed by atoms with van der Waals surface area (Å²) in [4.78, 5) is 15.7. The maximum Gasteiger partial charge on any atom is 0.225 e. The Bertz CT molecular complexity index is 991. The van der Waals surface area contributed by atoms with Gasteiger partial charge in [-0.25, -0.2) is 4.98 Å². The van der Waals surface area contributed by atoms with Crippen molar-refractivity contribution in [3.63, 3.8) is 0 Å². The van der Waals surface area contributed by atoms with E-state index in [0.29, 0.717) is 11.8 Å². The molecule has 0 bridgehead atoms. The van der Waals surface area contributed by atoms with Gasteiger partial charge in [-0.15, -0.1) is 0 Å². The van der Waals surface area contributed by atoms with Crippen LogP contribution in [-0.4, -0.2) is 59.0 Å². The summed E-state index contributed by atoms with van der Waals surface area (Å²) in [6.45, 7) is 7.45. The zero-order chi connectivity index (χ0) is 22.3. The molecule has 1 saturated heterocycles. The second kappa shape index (κ2) is 10.4. The number of anilines is 4. The standard InChI is InChI=1S/C24H30N6O2/c1-17(2)22(16-31)28-24-27-21(18-7-9-25-10-8-18)15-23(29-24)26-19-3-5-20(6-4-19)30-11-13-32-14-12-30/h3-10,15,17,22,31H,11-14,16H2,1-2H3,(H2,26,27,28,29)/t22-/m0/s1. The van der Waals surface area contributed by atoms with Crippen LogP contribution in [0.4, 0.5) is 23.1 Å². The Balaban J connectivity index is 1.58. The third-order valence-corrected chi connectivity index (χ3v) is 5.53. The van der Waals surface area contributed by atoms with Gasteiger partial charge in [0.2, 0.25) is 5.95 Å². The SMILES string of the molecule is CC(C)[C@H](CO)Nc1nc(Nc2ccc(N3CCOCC3)cc2)cc(-c2ccncc2)n1. The van der Waals surface area contributed by atoms with E-state index in [1.165, 1.54) is 5.69 Å². The smallest absolute Gasteiger partial charge is 0.225 e. The molecule has 1 aliphatic rings. The summed E-state index contributed by atoms with van der Waals surface area (Å²) in [6, 6.07) is 13.9. The predicted octanol–water partition coefficient (Wildman–Crippen LogP) is 3.55. The highest BCUT2D eigenvalue weighted by Gasteiger charge is 2.15. The molecule has 0 aliphatic carbocycles. The molecule has 0 saturated carbocycles. The quantitative estimate of drug-likeness (QED) is 0.495. The molecule has 1 aliphatic heterocycles. The lowest BCUT2D eigenvalue weighted by molar-refractivity contribution is 0.122. The number of hydrogen-bond acceptors (Lipinski definition) is 8. The summed E-state index contributed by atoms with van der Waals surface area (Å²) in [5, 5.41) is 16.4. The molecular weight excluding hydrogens is 404 g/mol. The summed E-state index contributed by atoms with van der Waals surface area (Å²) in [6.07, 6.45) is 3.49. The number of aliphatic hydroxyl groups is 1. The second-order valence-corrected chi connectivity index (χ2v) is 8.15. The summed E-state index contributed by atoms with van der Waals surface area (Å²) >= 11 is 0. The number of nitrogens with one attached hydrogen (secondary N) is 2. The minimum atomic E-state index is -0.136. The molecule has 4 rings (SSSR count). The minimum Gasteiger partial charge on any atom is -0.394 e. The molecule has 3 heterocycles. The third-order valence-electron chi connectivity index (χ3n) is 5.53. The van der Waals surface area contributed by atoms with Gasteiger partial charge in [0, 0.05) is 48.5 Å². The first kappa shape index (κ1) is 22.0. The van der Waals surface area contributed by atoms with E-state index in [0.717, 1.165) is 43.2 Å². The molecule has 168 valence electrons. The number of benzene rings is 1. The van der Waals surface area contributed by atoms with E-state index in [9.17, 15) is 5.11 Å². The number of hydrogen-bond donors (Lipinski definition) is 3. The Kier molecular flexibility index (Phi) is 7.14. The van der Waals surface area contributed by atoms with Gasteiger partial charge in [0.15, 0.2) is 0 Å². The van der Waals surface area contributed by atoms with Crippen LogP contribution in [0.1, 0.15) is 13.8 Å². The molecule has 32 heavy (non-hydrogen) atoms. The Morgan fingerprint density at radius 2 is 1.75 bits per heavy atom. The van der Waals surface area contributed by atoms with Gasteiger partial charge >= 0.3 is 0 Å². The van der Waals surface area contributed by atoms with Crippen molar-refractivity contribution in [1.82, 2.24) is 15.0 Å². The molecule has 8 nitrogen and oxygen atoms in total. The Hall–Kier alpha value is -3.23. The zero-order valence-electron chi connectivity index (χ0n) is 18.5. The number of ether oxygens (including phenoxy) is 1. The van der Waals surface area contributed by atoms with Crippen molar-refractivity contribution in [1.29, 1.82) is 0 Å². The van der Waals surface area contributed by atoms with Crippen LogP contribution in [-0.2, 0) is 4.74 Å². The number of nitrogens with zero attached hydrogens (tertiary/aromatic N) is 4. The van der Waals surface area contributed by atoms with E-state index in [1.807, 2.05) is 18.2 Å². The van der Waals surface area contributed by atoms with Crippen molar-refractivity contribution in [2.24, 2.45) is 5.92 Å². The van der Waals surface area contributed by atoms with Crippen LogP contribution in [0.25, 0.3) is 11.3 Å². The topological polar surface area (TPSA) is 95.4 Å². The first-order valence-corrected chi connectivity index (χ1v) is 11.0. The molecule has 1 fully saturated rings. The number of morpholine rings is 1. The van der Waals surface area contributed by atoms with E-state index in [1.54, 1.807) is 12.4 Å². The minimum absolute atomic E-state index is 0.00623. The molecular formula is C24H30N6O2.